The molecule has 0 spiro atoms. The van der Waals surface area contributed by atoms with E-state index in [2.05, 4.69) is 12.2 Å². The van der Waals surface area contributed by atoms with Crippen LogP contribution in [0.25, 0.3) is 0 Å². The summed E-state index contributed by atoms with van der Waals surface area (Å²) in [6.45, 7) is 9.09. The Kier molecular flexibility index (Phi) is 10.7. The van der Waals surface area contributed by atoms with Crippen molar-refractivity contribution in [1.82, 2.24) is 5.32 Å². The maximum Gasteiger partial charge on any atom is 0.224 e. The number of hydrogen-bond acceptors (Lipinski definition) is 3. The van der Waals surface area contributed by atoms with Crippen LogP contribution in [-0.2, 0) is 11.3 Å². The minimum Gasteiger partial charge on any atom is -0.493 e. The molecule has 0 heterocycles. The molecule has 0 saturated carbocycles. The summed E-state index contributed by atoms with van der Waals surface area (Å²) in [5.41, 5.74) is 7.93. The third-order valence-corrected chi connectivity index (χ3v) is 3.88. The van der Waals surface area contributed by atoms with Gasteiger partial charge in [0.05, 0.1) is 6.61 Å². The van der Waals surface area contributed by atoms with Gasteiger partial charge in [0.25, 0.3) is 0 Å². The molecule has 1 aromatic rings. The third kappa shape index (κ3) is 7.71. The van der Waals surface area contributed by atoms with E-state index < -0.39 is 0 Å². The predicted octanol–water partition coefficient (Wildman–Crippen LogP) is 3.59. The highest BCUT2D eigenvalue weighted by atomic mass is 35.5. The van der Waals surface area contributed by atoms with E-state index in [0.717, 1.165) is 23.3 Å². The average molecular weight is 343 g/mol. The van der Waals surface area contributed by atoms with Crippen LogP contribution >= 0.6 is 12.4 Å². The molecule has 23 heavy (non-hydrogen) atoms. The quantitative estimate of drug-likeness (QED) is 0.674. The van der Waals surface area contributed by atoms with Crippen molar-refractivity contribution in [2.75, 3.05) is 6.61 Å². The number of ether oxygens (including phenoxy) is 1. The predicted molar refractivity (Wildman–Crippen MR) is 98.1 cm³/mol. The van der Waals surface area contributed by atoms with Gasteiger partial charge in [-0.15, -0.1) is 12.4 Å². The molecule has 0 saturated heterocycles. The third-order valence-electron chi connectivity index (χ3n) is 3.88. The molecular formula is C18H31ClN2O2. The summed E-state index contributed by atoms with van der Waals surface area (Å²) >= 11 is 0. The van der Waals surface area contributed by atoms with Crippen LogP contribution in [-0.4, -0.2) is 18.6 Å². The van der Waals surface area contributed by atoms with E-state index in [1.807, 2.05) is 39.0 Å². The van der Waals surface area contributed by atoms with E-state index in [4.69, 9.17) is 10.5 Å². The van der Waals surface area contributed by atoms with Crippen LogP contribution in [0.1, 0.15) is 51.2 Å². The molecule has 0 bridgehead atoms. The molecule has 1 aromatic carbocycles. The molecular weight excluding hydrogens is 312 g/mol. The number of hydrogen-bond donors (Lipinski definition) is 2. The Labute approximate surface area is 146 Å². The first-order chi connectivity index (χ1) is 10.5. The number of carbonyl (C=O) groups excluding carboxylic acids is 1. The Morgan fingerprint density at radius 1 is 1.30 bits per heavy atom. The summed E-state index contributed by atoms with van der Waals surface area (Å²) < 4.78 is 5.88. The summed E-state index contributed by atoms with van der Waals surface area (Å²) in [6, 6.07) is 5.93. The second-order valence-electron chi connectivity index (χ2n) is 6.03. The molecule has 0 aliphatic carbocycles. The molecule has 1 rings (SSSR count). The second-order valence-corrected chi connectivity index (χ2v) is 6.03. The second kappa shape index (κ2) is 11.3. The van der Waals surface area contributed by atoms with Crippen molar-refractivity contribution in [2.24, 2.45) is 11.7 Å². The number of aryl methyl sites for hydroxylation is 1. The first-order valence-corrected chi connectivity index (χ1v) is 8.21. The fraction of sp³-hybridized carbons (Fsp3) is 0.611. The van der Waals surface area contributed by atoms with E-state index in [1.54, 1.807) is 0 Å². The van der Waals surface area contributed by atoms with E-state index in [-0.39, 0.29) is 30.3 Å². The van der Waals surface area contributed by atoms with Crippen molar-refractivity contribution in [1.29, 1.82) is 0 Å². The first-order valence-electron chi connectivity index (χ1n) is 8.21. The van der Waals surface area contributed by atoms with Gasteiger partial charge in [0.15, 0.2) is 0 Å². The normalized spacial score (nSPS) is 12.9. The number of carbonyl (C=O) groups is 1. The van der Waals surface area contributed by atoms with E-state index in [9.17, 15) is 4.79 Å². The maximum absolute atomic E-state index is 12.0. The van der Waals surface area contributed by atoms with Gasteiger partial charge in [-0.3, -0.25) is 4.79 Å². The number of nitrogens with two attached hydrogens (primary N) is 1. The zero-order valence-corrected chi connectivity index (χ0v) is 15.5. The standard InChI is InChI=1S/C18H30N2O2.ClH/c1-5-6-7-10-22-17-11-13(2)8-9-16(17)12-20-18(21)14(3)15(4)19;/h8-9,11,14-15H,5-7,10,12,19H2,1-4H3,(H,20,21);1H. The molecule has 2 unspecified atom stereocenters. The molecule has 0 radical (unpaired) electrons. The number of nitrogens with one attached hydrogen (secondary N) is 1. The van der Waals surface area contributed by atoms with Gasteiger partial charge in [-0.2, -0.15) is 0 Å². The van der Waals surface area contributed by atoms with Crippen LogP contribution in [0.4, 0.5) is 0 Å². The molecule has 5 heteroatoms. The molecule has 0 aliphatic rings. The Bertz CT molecular complexity index is 478. The molecule has 0 fully saturated rings. The topological polar surface area (TPSA) is 64.3 Å². The minimum atomic E-state index is -0.195. The number of halogens is 1. The van der Waals surface area contributed by atoms with Crippen LogP contribution in [0.15, 0.2) is 18.2 Å². The van der Waals surface area contributed by atoms with E-state index >= 15 is 0 Å². The average Bonchev–Trinajstić information content (AvgIpc) is 2.49. The Balaban J connectivity index is 0.00000484. The Morgan fingerprint density at radius 2 is 2.00 bits per heavy atom. The smallest absolute Gasteiger partial charge is 0.224 e. The lowest BCUT2D eigenvalue weighted by atomic mass is 10.0. The summed E-state index contributed by atoms with van der Waals surface area (Å²) in [7, 11) is 0. The minimum absolute atomic E-state index is 0. The van der Waals surface area contributed by atoms with Crippen molar-refractivity contribution in [3.05, 3.63) is 29.3 Å². The van der Waals surface area contributed by atoms with Crippen molar-refractivity contribution in [2.45, 2.75) is 59.5 Å². The van der Waals surface area contributed by atoms with Crippen molar-refractivity contribution < 1.29 is 9.53 Å². The van der Waals surface area contributed by atoms with Gasteiger partial charge in [-0.05, 0) is 31.9 Å². The Morgan fingerprint density at radius 3 is 2.61 bits per heavy atom. The monoisotopic (exact) mass is 342 g/mol. The Hall–Kier alpha value is -1.26. The number of unbranched alkanes of at least 4 members (excludes halogenated alkanes) is 2. The maximum atomic E-state index is 12.0. The SMILES string of the molecule is CCCCCOc1cc(C)ccc1CNC(=O)C(C)C(C)N.Cl. The summed E-state index contributed by atoms with van der Waals surface area (Å²) in [5, 5.41) is 2.94. The van der Waals surface area contributed by atoms with Crippen LogP contribution in [0.5, 0.6) is 5.75 Å². The summed E-state index contributed by atoms with van der Waals surface area (Å²) in [6.07, 6.45) is 3.40. The number of amides is 1. The van der Waals surface area contributed by atoms with Gasteiger partial charge >= 0.3 is 0 Å². The van der Waals surface area contributed by atoms with E-state index in [1.165, 1.54) is 12.8 Å². The lowest BCUT2D eigenvalue weighted by Crippen LogP contribution is -2.38. The van der Waals surface area contributed by atoms with Gasteiger partial charge in [-0.25, -0.2) is 0 Å². The molecule has 0 aliphatic heterocycles. The molecule has 0 aromatic heterocycles. The fourth-order valence-corrected chi connectivity index (χ4v) is 2.06. The van der Waals surface area contributed by atoms with Gasteiger partial charge in [-0.1, -0.05) is 38.8 Å². The highest BCUT2D eigenvalue weighted by Crippen LogP contribution is 2.21. The van der Waals surface area contributed by atoms with Gasteiger partial charge < -0.3 is 15.8 Å². The first kappa shape index (κ1) is 21.7. The van der Waals surface area contributed by atoms with Gasteiger partial charge in [0.2, 0.25) is 5.91 Å². The highest BCUT2D eigenvalue weighted by molar-refractivity contribution is 5.85. The summed E-state index contributed by atoms with van der Waals surface area (Å²) in [4.78, 5) is 12.0. The molecule has 2 atom stereocenters. The van der Waals surface area contributed by atoms with E-state index in [0.29, 0.717) is 13.2 Å². The lowest BCUT2D eigenvalue weighted by molar-refractivity contribution is -0.125. The van der Waals surface area contributed by atoms with Crippen LogP contribution in [0.2, 0.25) is 0 Å². The van der Waals surface area contributed by atoms with Crippen molar-refractivity contribution >= 4 is 18.3 Å². The number of benzene rings is 1. The van der Waals surface area contributed by atoms with Crippen LogP contribution in [0.3, 0.4) is 0 Å². The van der Waals surface area contributed by atoms with Crippen LogP contribution < -0.4 is 15.8 Å². The largest absolute Gasteiger partial charge is 0.493 e. The molecule has 1 amide bonds. The van der Waals surface area contributed by atoms with Gasteiger partial charge in [0, 0.05) is 24.1 Å². The lowest BCUT2D eigenvalue weighted by Gasteiger charge is -2.17. The van der Waals surface area contributed by atoms with Crippen molar-refractivity contribution in [3.8, 4) is 5.75 Å². The zero-order chi connectivity index (χ0) is 16.5. The highest BCUT2D eigenvalue weighted by Gasteiger charge is 2.17. The fourth-order valence-electron chi connectivity index (χ4n) is 2.06. The molecule has 3 N–H and O–H groups in total. The summed E-state index contributed by atoms with van der Waals surface area (Å²) in [5.74, 6) is 0.650. The van der Waals surface area contributed by atoms with Crippen molar-refractivity contribution in [3.63, 3.8) is 0 Å². The zero-order valence-electron chi connectivity index (χ0n) is 14.7. The van der Waals surface area contributed by atoms with Gasteiger partial charge in [0.1, 0.15) is 5.75 Å². The molecule has 132 valence electrons. The molecule has 4 nitrogen and oxygen atoms in total. The number of rotatable bonds is 9. The van der Waals surface area contributed by atoms with Crippen LogP contribution in [0, 0.1) is 12.8 Å².